The molecule has 0 aliphatic heterocycles. The number of hydrogen-bond acceptors (Lipinski definition) is 2. The number of rotatable bonds is 1. The van der Waals surface area contributed by atoms with Crippen molar-refractivity contribution in [3.63, 3.8) is 0 Å². The van der Waals surface area contributed by atoms with Gasteiger partial charge in [0.2, 0.25) is 0 Å². The Kier molecular flexibility index (Phi) is 2.56. The molecule has 4 fully saturated rings. The van der Waals surface area contributed by atoms with E-state index in [4.69, 9.17) is 12.2 Å². The van der Waals surface area contributed by atoms with Crippen LogP contribution in [0, 0.1) is 22.5 Å². The summed E-state index contributed by atoms with van der Waals surface area (Å²) in [5.41, 5.74) is 2.35. The van der Waals surface area contributed by atoms with Gasteiger partial charge in [-0.25, -0.2) is 4.98 Å². The zero-order valence-electron chi connectivity index (χ0n) is 11.8. The first-order chi connectivity index (χ1) is 10.1. The average molecular weight is 364 g/mol. The lowest BCUT2D eigenvalue weighted by atomic mass is 9.53. The Morgan fingerprint density at radius 2 is 1.81 bits per heavy atom. The van der Waals surface area contributed by atoms with E-state index < -0.39 is 0 Å². The number of fused-ring (bicyclic) bond motifs is 1. The Hall–Kier alpha value is -0.680. The molecule has 1 N–H and O–H groups in total. The van der Waals surface area contributed by atoms with Crippen LogP contribution < -0.4 is 0 Å². The van der Waals surface area contributed by atoms with E-state index in [1.54, 1.807) is 0 Å². The lowest BCUT2D eigenvalue weighted by Crippen LogP contribution is -2.51. The molecule has 110 valence electrons. The van der Waals surface area contributed by atoms with E-state index in [0.717, 1.165) is 38.2 Å². The molecule has 4 bridgehead atoms. The molecule has 0 unspecified atom stereocenters. The zero-order valence-corrected chi connectivity index (χ0v) is 14.2. The summed E-state index contributed by atoms with van der Waals surface area (Å²) in [5.74, 6) is 2.75. The number of halogens is 1. The molecule has 2 aromatic heterocycles. The molecule has 0 radical (unpaired) electrons. The predicted molar refractivity (Wildman–Crippen MR) is 88.8 cm³/mol. The summed E-state index contributed by atoms with van der Waals surface area (Å²) in [6.07, 6.45) is 10.2. The molecule has 0 spiro atoms. The minimum atomic E-state index is 0.241. The Balaban J connectivity index is 1.74. The maximum Gasteiger partial charge on any atom is 0.179 e. The minimum Gasteiger partial charge on any atom is -0.329 e. The molecule has 0 aromatic carbocycles. The van der Waals surface area contributed by atoms with Crippen LogP contribution in [0.3, 0.4) is 0 Å². The summed E-state index contributed by atoms with van der Waals surface area (Å²) in [7, 11) is 0. The molecule has 2 heterocycles. The molecule has 4 aliphatic carbocycles. The van der Waals surface area contributed by atoms with E-state index in [0.29, 0.717) is 0 Å². The molecule has 3 nitrogen and oxygen atoms in total. The third kappa shape index (κ3) is 1.76. The molecular formula is C16H18BrN3S. The highest BCUT2D eigenvalue weighted by Gasteiger charge is 2.52. The van der Waals surface area contributed by atoms with E-state index in [1.165, 1.54) is 38.5 Å². The second-order valence-corrected chi connectivity index (χ2v) is 8.73. The maximum atomic E-state index is 5.68. The summed E-state index contributed by atoms with van der Waals surface area (Å²) < 4.78 is 4.25. The van der Waals surface area contributed by atoms with Crippen LogP contribution >= 0.6 is 28.1 Å². The van der Waals surface area contributed by atoms with E-state index in [-0.39, 0.29) is 5.54 Å². The van der Waals surface area contributed by atoms with Crippen LogP contribution in [0.1, 0.15) is 38.5 Å². The van der Waals surface area contributed by atoms with E-state index >= 15 is 0 Å². The first-order valence-corrected chi connectivity index (χ1v) is 9.10. The van der Waals surface area contributed by atoms with Gasteiger partial charge in [0.25, 0.3) is 0 Å². The van der Waals surface area contributed by atoms with Crippen LogP contribution in [0.25, 0.3) is 11.2 Å². The smallest absolute Gasteiger partial charge is 0.179 e. The van der Waals surface area contributed by atoms with Crippen molar-refractivity contribution in [2.75, 3.05) is 0 Å². The van der Waals surface area contributed by atoms with Crippen molar-refractivity contribution in [2.24, 2.45) is 17.8 Å². The molecule has 5 heteroatoms. The molecule has 0 saturated heterocycles. The van der Waals surface area contributed by atoms with Crippen molar-refractivity contribution in [1.29, 1.82) is 0 Å². The molecule has 6 rings (SSSR count). The van der Waals surface area contributed by atoms with Gasteiger partial charge in [0.15, 0.2) is 10.4 Å². The number of H-pyrrole nitrogens is 1. The van der Waals surface area contributed by atoms with Gasteiger partial charge in [-0.3, -0.25) is 4.57 Å². The second-order valence-electron chi connectivity index (χ2n) is 7.43. The van der Waals surface area contributed by atoms with Gasteiger partial charge in [-0.05, 0) is 90.5 Å². The van der Waals surface area contributed by atoms with E-state index in [2.05, 4.69) is 36.5 Å². The molecule has 2 aromatic rings. The lowest BCUT2D eigenvalue weighted by molar-refractivity contribution is -0.0419. The van der Waals surface area contributed by atoms with Crippen molar-refractivity contribution in [3.8, 4) is 0 Å². The Bertz CT molecular complexity index is 755. The highest BCUT2D eigenvalue weighted by atomic mass is 79.9. The number of imidazole rings is 1. The molecule has 21 heavy (non-hydrogen) atoms. The topological polar surface area (TPSA) is 33.6 Å². The number of nitrogens with zero attached hydrogens (tertiary/aromatic N) is 2. The molecule has 4 aliphatic rings. The summed E-state index contributed by atoms with van der Waals surface area (Å²) in [4.78, 5) is 8.06. The van der Waals surface area contributed by atoms with Crippen LogP contribution in [0.5, 0.6) is 0 Å². The highest BCUT2D eigenvalue weighted by molar-refractivity contribution is 9.10. The number of nitrogens with one attached hydrogen (secondary N) is 1. The van der Waals surface area contributed by atoms with E-state index in [1.807, 2.05) is 6.20 Å². The fourth-order valence-corrected chi connectivity index (χ4v) is 6.47. The predicted octanol–water partition coefficient (Wildman–Crippen LogP) is 4.78. The first kappa shape index (κ1) is 12.8. The zero-order chi connectivity index (χ0) is 14.2. The van der Waals surface area contributed by atoms with Crippen molar-refractivity contribution in [3.05, 3.63) is 21.5 Å². The monoisotopic (exact) mass is 363 g/mol. The summed E-state index contributed by atoms with van der Waals surface area (Å²) in [6, 6.07) is 2.09. The highest BCUT2D eigenvalue weighted by Crippen LogP contribution is 2.59. The van der Waals surface area contributed by atoms with Gasteiger partial charge in [-0.2, -0.15) is 0 Å². The number of aromatic amines is 1. The van der Waals surface area contributed by atoms with Gasteiger partial charge in [-0.15, -0.1) is 0 Å². The van der Waals surface area contributed by atoms with Gasteiger partial charge in [0, 0.05) is 16.2 Å². The van der Waals surface area contributed by atoms with Gasteiger partial charge >= 0.3 is 0 Å². The largest absolute Gasteiger partial charge is 0.329 e. The molecule has 4 saturated carbocycles. The molecule has 0 atom stereocenters. The van der Waals surface area contributed by atoms with Gasteiger partial charge in [0.05, 0.1) is 5.52 Å². The first-order valence-electron chi connectivity index (χ1n) is 7.90. The van der Waals surface area contributed by atoms with Crippen LogP contribution in [0.15, 0.2) is 16.7 Å². The van der Waals surface area contributed by atoms with E-state index in [9.17, 15) is 0 Å². The maximum absolute atomic E-state index is 5.68. The third-order valence-corrected chi connectivity index (χ3v) is 6.69. The van der Waals surface area contributed by atoms with Gasteiger partial charge in [0.1, 0.15) is 0 Å². The SMILES string of the molecule is S=c1[nH]c2cc(Br)cnc2n1C12CC3CC(CC(C3)C1)C2. The van der Waals surface area contributed by atoms with Gasteiger partial charge < -0.3 is 4.98 Å². The fraction of sp³-hybridized carbons (Fsp3) is 0.625. The Morgan fingerprint density at radius 1 is 1.19 bits per heavy atom. The fourth-order valence-electron chi connectivity index (χ4n) is 5.75. The second kappa shape index (κ2) is 4.19. The van der Waals surface area contributed by atoms with Crippen LogP contribution in [0.4, 0.5) is 0 Å². The summed E-state index contributed by atoms with van der Waals surface area (Å²) >= 11 is 9.19. The minimum absolute atomic E-state index is 0.241. The Morgan fingerprint density at radius 3 is 2.43 bits per heavy atom. The van der Waals surface area contributed by atoms with Crippen molar-refractivity contribution in [2.45, 2.75) is 44.1 Å². The van der Waals surface area contributed by atoms with Crippen molar-refractivity contribution >= 4 is 39.3 Å². The van der Waals surface area contributed by atoms with Crippen molar-refractivity contribution < 1.29 is 0 Å². The quantitative estimate of drug-likeness (QED) is 0.739. The van der Waals surface area contributed by atoms with Crippen LogP contribution in [-0.2, 0) is 5.54 Å². The average Bonchev–Trinajstić information content (AvgIpc) is 2.72. The van der Waals surface area contributed by atoms with Crippen molar-refractivity contribution in [1.82, 2.24) is 14.5 Å². The number of aromatic nitrogens is 3. The summed E-state index contributed by atoms with van der Waals surface area (Å²) in [6.45, 7) is 0. The normalized spacial score (nSPS) is 37.5. The number of pyridine rings is 1. The third-order valence-electron chi connectivity index (χ3n) is 5.97. The number of hydrogen-bond donors (Lipinski definition) is 1. The van der Waals surface area contributed by atoms with Crippen LogP contribution in [0.2, 0.25) is 0 Å². The van der Waals surface area contributed by atoms with Gasteiger partial charge in [-0.1, -0.05) is 0 Å². The van der Waals surface area contributed by atoms with Crippen LogP contribution in [-0.4, -0.2) is 14.5 Å². The molecule has 0 amide bonds. The lowest BCUT2D eigenvalue weighted by Gasteiger charge is -2.57. The standard InChI is InChI=1S/C16H18BrN3S/c17-12-4-13-14(18-8-12)20(15(21)19-13)16-5-9-1-10(6-16)3-11(2-9)7-16/h4,8-11H,1-3,5-7H2,(H,19,21). The molecular weight excluding hydrogens is 346 g/mol. The summed E-state index contributed by atoms with van der Waals surface area (Å²) in [5, 5.41) is 0. The Labute approximate surface area is 137 Å².